The molecule has 130 valence electrons. The van der Waals surface area contributed by atoms with Crippen LogP contribution in [0.1, 0.15) is 23.6 Å². The van der Waals surface area contributed by atoms with E-state index in [1.807, 2.05) is 37.3 Å². The minimum absolute atomic E-state index is 0.141. The predicted molar refractivity (Wildman–Crippen MR) is 95.8 cm³/mol. The molecule has 0 atom stereocenters. The molecular weight excluding hydrogens is 319 g/mol. The summed E-state index contributed by atoms with van der Waals surface area (Å²) in [6, 6.07) is 14.0. The van der Waals surface area contributed by atoms with Crippen LogP contribution in [-0.4, -0.2) is 19.6 Å². The van der Waals surface area contributed by atoms with E-state index in [-0.39, 0.29) is 12.4 Å². The molecule has 0 bridgehead atoms. The summed E-state index contributed by atoms with van der Waals surface area (Å²) in [7, 11) is 1.63. The fourth-order valence-corrected chi connectivity index (χ4v) is 2.30. The van der Waals surface area contributed by atoms with Gasteiger partial charge in [-0.05, 0) is 31.2 Å². The van der Waals surface area contributed by atoms with Gasteiger partial charge < -0.3 is 15.4 Å². The minimum Gasteiger partial charge on any atom is -0.496 e. The van der Waals surface area contributed by atoms with E-state index in [1.54, 1.807) is 7.11 Å². The minimum atomic E-state index is -0.372. The standard InChI is InChI=1S/C19H21FN4O/c1-3-22-19(23-12-15-6-4-5-7-18(15)25-2)24-13-16-10-14(11-21)8-9-17(16)20/h4-10H,3,12-13H2,1-2H3,(H2,22,23,24). The highest BCUT2D eigenvalue weighted by Gasteiger charge is 2.06. The van der Waals surface area contributed by atoms with E-state index in [1.165, 1.54) is 18.2 Å². The second-order valence-electron chi connectivity index (χ2n) is 5.28. The van der Waals surface area contributed by atoms with Gasteiger partial charge in [0.15, 0.2) is 5.96 Å². The molecule has 0 saturated heterocycles. The number of hydrogen-bond donors (Lipinski definition) is 2. The van der Waals surface area contributed by atoms with Crippen molar-refractivity contribution in [2.24, 2.45) is 4.99 Å². The van der Waals surface area contributed by atoms with Crippen molar-refractivity contribution in [1.29, 1.82) is 5.26 Å². The van der Waals surface area contributed by atoms with Crippen molar-refractivity contribution in [2.75, 3.05) is 13.7 Å². The third kappa shape index (κ3) is 5.21. The highest BCUT2D eigenvalue weighted by atomic mass is 19.1. The highest BCUT2D eigenvalue weighted by Crippen LogP contribution is 2.16. The van der Waals surface area contributed by atoms with Crippen molar-refractivity contribution in [3.63, 3.8) is 0 Å². The Labute approximate surface area is 147 Å². The molecule has 0 saturated carbocycles. The molecule has 2 rings (SSSR count). The van der Waals surface area contributed by atoms with Crippen LogP contribution in [0, 0.1) is 17.1 Å². The van der Waals surface area contributed by atoms with Gasteiger partial charge in [0.2, 0.25) is 0 Å². The number of benzene rings is 2. The Bertz CT molecular complexity index is 783. The quantitative estimate of drug-likeness (QED) is 0.627. The van der Waals surface area contributed by atoms with Gasteiger partial charge in [-0.25, -0.2) is 9.38 Å². The molecule has 0 fully saturated rings. The molecule has 0 unspecified atom stereocenters. The molecule has 0 aliphatic heterocycles. The molecule has 2 aromatic carbocycles. The number of nitriles is 1. The lowest BCUT2D eigenvalue weighted by atomic mass is 10.1. The topological polar surface area (TPSA) is 69.4 Å². The van der Waals surface area contributed by atoms with Gasteiger partial charge in [-0.1, -0.05) is 18.2 Å². The zero-order valence-corrected chi connectivity index (χ0v) is 14.3. The molecule has 0 heterocycles. The average Bonchev–Trinajstić information content (AvgIpc) is 2.65. The SMILES string of the molecule is CCNC(=NCc1cc(C#N)ccc1F)NCc1ccccc1OC. The van der Waals surface area contributed by atoms with Gasteiger partial charge in [0.05, 0.1) is 25.3 Å². The maximum Gasteiger partial charge on any atom is 0.191 e. The Morgan fingerprint density at radius 3 is 2.72 bits per heavy atom. The molecule has 0 spiro atoms. The Hall–Kier alpha value is -3.07. The van der Waals surface area contributed by atoms with Crippen molar-refractivity contribution in [1.82, 2.24) is 10.6 Å². The van der Waals surface area contributed by atoms with Crippen LogP contribution in [0.2, 0.25) is 0 Å². The molecule has 0 aliphatic carbocycles. The van der Waals surface area contributed by atoms with Crippen molar-refractivity contribution in [3.05, 3.63) is 65.0 Å². The fourth-order valence-electron chi connectivity index (χ4n) is 2.30. The van der Waals surface area contributed by atoms with Gasteiger partial charge in [0, 0.05) is 24.2 Å². The molecule has 0 radical (unpaired) electrons. The van der Waals surface area contributed by atoms with E-state index in [4.69, 9.17) is 10.00 Å². The number of methoxy groups -OCH3 is 1. The van der Waals surface area contributed by atoms with Crippen LogP contribution < -0.4 is 15.4 Å². The molecule has 0 aromatic heterocycles. The lowest BCUT2D eigenvalue weighted by Crippen LogP contribution is -2.36. The molecule has 25 heavy (non-hydrogen) atoms. The number of hydrogen-bond acceptors (Lipinski definition) is 3. The monoisotopic (exact) mass is 340 g/mol. The van der Waals surface area contributed by atoms with Crippen LogP contribution in [0.15, 0.2) is 47.5 Å². The second kappa shape index (κ2) is 9.28. The third-order valence-corrected chi connectivity index (χ3v) is 3.57. The van der Waals surface area contributed by atoms with Crippen LogP contribution in [0.25, 0.3) is 0 Å². The molecule has 6 heteroatoms. The lowest BCUT2D eigenvalue weighted by molar-refractivity contribution is 0.409. The first-order valence-corrected chi connectivity index (χ1v) is 8.00. The Morgan fingerprint density at radius 1 is 1.20 bits per heavy atom. The molecule has 0 amide bonds. The van der Waals surface area contributed by atoms with Gasteiger partial charge in [-0.3, -0.25) is 0 Å². The van der Waals surface area contributed by atoms with Gasteiger partial charge in [-0.15, -0.1) is 0 Å². The largest absolute Gasteiger partial charge is 0.496 e. The van der Waals surface area contributed by atoms with Crippen molar-refractivity contribution in [2.45, 2.75) is 20.0 Å². The molecule has 2 aromatic rings. The number of rotatable bonds is 6. The molecule has 0 aliphatic rings. The number of nitrogens with zero attached hydrogens (tertiary/aromatic N) is 2. The normalized spacial score (nSPS) is 10.9. The zero-order valence-electron chi connectivity index (χ0n) is 14.3. The number of halogens is 1. The van der Waals surface area contributed by atoms with Crippen LogP contribution in [0.4, 0.5) is 4.39 Å². The van der Waals surface area contributed by atoms with E-state index in [0.717, 1.165) is 11.3 Å². The molecule has 2 N–H and O–H groups in total. The first-order chi connectivity index (χ1) is 12.2. The summed E-state index contributed by atoms with van der Waals surface area (Å²) in [6.07, 6.45) is 0. The van der Waals surface area contributed by atoms with E-state index in [2.05, 4.69) is 15.6 Å². The van der Waals surface area contributed by atoms with Gasteiger partial charge in [-0.2, -0.15) is 5.26 Å². The van der Waals surface area contributed by atoms with Crippen LogP contribution in [-0.2, 0) is 13.1 Å². The van der Waals surface area contributed by atoms with Crippen LogP contribution in [0.5, 0.6) is 5.75 Å². The Balaban J connectivity index is 2.09. The summed E-state index contributed by atoms with van der Waals surface area (Å²) in [4.78, 5) is 4.39. The van der Waals surface area contributed by atoms with Crippen molar-refractivity contribution < 1.29 is 9.13 Å². The summed E-state index contributed by atoms with van der Waals surface area (Å²) in [5, 5.41) is 15.3. The first kappa shape index (κ1) is 18.3. The highest BCUT2D eigenvalue weighted by molar-refractivity contribution is 5.79. The number of nitrogens with one attached hydrogen (secondary N) is 2. The number of guanidine groups is 1. The van der Waals surface area contributed by atoms with Gasteiger partial charge in [0.1, 0.15) is 11.6 Å². The summed E-state index contributed by atoms with van der Waals surface area (Å²) in [6.45, 7) is 3.30. The summed E-state index contributed by atoms with van der Waals surface area (Å²) < 4.78 is 19.2. The second-order valence-corrected chi connectivity index (χ2v) is 5.28. The number of para-hydroxylation sites is 1. The van der Waals surface area contributed by atoms with Crippen molar-refractivity contribution in [3.8, 4) is 11.8 Å². The predicted octanol–water partition coefficient (Wildman–Crippen LogP) is 2.96. The number of ether oxygens (including phenoxy) is 1. The Morgan fingerprint density at radius 2 is 2.00 bits per heavy atom. The van der Waals surface area contributed by atoms with Crippen LogP contribution in [0.3, 0.4) is 0 Å². The van der Waals surface area contributed by atoms with E-state index >= 15 is 0 Å². The molecule has 5 nitrogen and oxygen atoms in total. The summed E-state index contributed by atoms with van der Waals surface area (Å²) >= 11 is 0. The third-order valence-electron chi connectivity index (χ3n) is 3.57. The smallest absolute Gasteiger partial charge is 0.191 e. The molecular formula is C19H21FN4O. The summed E-state index contributed by atoms with van der Waals surface area (Å²) in [5.74, 6) is 0.983. The van der Waals surface area contributed by atoms with E-state index in [9.17, 15) is 4.39 Å². The maximum absolute atomic E-state index is 13.9. The van der Waals surface area contributed by atoms with Gasteiger partial charge >= 0.3 is 0 Å². The van der Waals surface area contributed by atoms with E-state index in [0.29, 0.717) is 30.2 Å². The summed E-state index contributed by atoms with van der Waals surface area (Å²) in [5.41, 5.74) is 1.79. The maximum atomic E-state index is 13.9. The fraction of sp³-hybridized carbons (Fsp3) is 0.263. The van der Waals surface area contributed by atoms with Gasteiger partial charge in [0.25, 0.3) is 0 Å². The Kier molecular flexibility index (Phi) is 6.78. The van der Waals surface area contributed by atoms with Crippen LogP contribution >= 0.6 is 0 Å². The van der Waals surface area contributed by atoms with Crippen molar-refractivity contribution >= 4 is 5.96 Å². The lowest BCUT2D eigenvalue weighted by Gasteiger charge is -2.13. The van der Waals surface area contributed by atoms with E-state index < -0.39 is 0 Å². The number of aliphatic imine (C=N–C) groups is 1. The average molecular weight is 340 g/mol. The zero-order chi connectivity index (χ0) is 18.1. The first-order valence-electron chi connectivity index (χ1n) is 8.00.